The van der Waals surface area contributed by atoms with E-state index in [0.29, 0.717) is 0 Å². The Balaban J connectivity index is 1.57. The maximum atomic E-state index is 10.8. The van der Waals surface area contributed by atoms with Gasteiger partial charge >= 0.3 is 17.9 Å². The fraction of sp³-hybridized carbons (Fsp3) is 0.769. The van der Waals surface area contributed by atoms with Gasteiger partial charge in [0.2, 0.25) is 0 Å². The fourth-order valence-corrected chi connectivity index (χ4v) is 4.85. The molecule has 1 aromatic rings. The van der Waals surface area contributed by atoms with Crippen LogP contribution >= 0.6 is 0 Å². The van der Waals surface area contributed by atoms with Gasteiger partial charge in [0, 0.05) is 5.54 Å². The first kappa shape index (κ1) is 11.3. The molecule has 4 aliphatic carbocycles. The van der Waals surface area contributed by atoms with Crippen LogP contribution in [0.4, 0.5) is 6.01 Å². The topological polar surface area (TPSA) is 88.2 Å². The Morgan fingerprint density at radius 1 is 1.16 bits per heavy atom. The van der Waals surface area contributed by atoms with Crippen LogP contribution in [0.15, 0.2) is 4.42 Å². The summed E-state index contributed by atoms with van der Waals surface area (Å²) in [6, 6.07) is 0.263. The smallest absolute Gasteiger partial charge is 0.393 e. The molecular formula is C13H17N3O3. The van der Waals surface area contributed by atoms with Crippen LogP contribution in [0.3, 0.4) is 0 Å². The molecule has 1 aromatic heterocycles. The van der Waals surface area contributed by atoms with E-state index in [0.717, 1.165) is 37.0 Å². The predicted molar refractivity (Wildman–Crippen MR) is 65.8 cm³/mol. The van der Waals surface area contributed by atoms with Crippen molar-refractivity contribution in [1.82, 2.24) is 10.2 Å². The van der Waals surface area contributed by atoms with Crippen LogP contribution in [0.5, 0.6) is 0 Å². The summed E-state index contributed by atoms with van der Waals surface area (Å²) in [5.74, 6) is 0.945. The minimum Gasteiger partial charge on any atom is -0.474 e. The number of hydrogen-bond donors (Lipinski definition) is 2. The molecule has 4 fully saturated rings. The third-order valence-corrected chi connectivity index (χ3v) is 5.02. The molecule has 0 amide bonds. The normalized spacial score (nSPS) is 39.5. The molecule has 1 heterocycles. The predicted octanol–water partition coefficient (Wildman–Crippen LogP) is 2.15. The Morgan fingerprint density at radius 3 is 2.21 bits per heavy atom. The molecule has 4 aliphatic rings. The highest BCUT2D eigenvalue weighted by molar-refractivity contribution is 5.82. The van der Waals surface area contributed by atoms with Crippen molar-refractivity contribution in [3.05, 3.63) is 5.89 Å². The molecule has 2 N–H and O–H groups in total. The van der Waals surface area contributed by atoms with E-state index in [2.05, 4.69) is 15.5 Å². The Kier molecular flexibility index (Phi) is 2.20. The standard InChI is InChI=1S/C13H17N3O3/c17-11(18)10-15-16-12(19-10)14-13-4-7-1-8(5-13)3-9(2-7)6-13/h7-9H,1-6H2,(H,14,16)(H,17,18). The highest BCUT2D eigenvalue weighted by atomic mass is 16.4. The van der Waals surface area contributed by atoms with Gasteiger partial charge in [-0.1, -0.05) is 10.2 Å². The minimum atomic E-state index is -1.17. The molecule has 19 heavy (non-hydrogen) atoms. The van der Waals surface area contributed by atoms with Crippen molar-refractivity contribution in [2.24, 2.45) is 17.8 Å². The van der Waals surface area contributed by atoms with Crippen molar-refractivity contribution in [3.8, 4) is 0 Å². The first-order valence-electron chi connectivity index (χ1n) is 6.97. The van der Waals surface area contributed by atoms with Crippen LogP contribution in [0.2, 0.25) is 0 Å². The largest absolute Gasteiger partial charge is 0.474 e. The summed E-state index contributed by atoms with van der Waals surface area (Å²) >= 11 is 0. The number of aromatic nitrogens is 2. The van der Waals surface area contributed by atoms with E-state index >= 15 is 0 Å². The van der Waals surface area contributed by atoms with Crippen LogP contribution in [0.1, 0.15) is 49.2 Å². The lowest BCUT2D eigenvalue weighted by Crippen LogP contribution is -2.54. The van der Waals surface area contributed by atoms with E-state index in [9.17, 15) is 4.79 Å². The quantitative estimate of drug-likeness (QED) is 0.868. The van der Waals surface area contributed by atoms with Crippen molar-refractivity contribution in [2.75, 3.05) is 5.32 Å². The van der Waals surface area contributed by atoms with E-state index in [1.165, 1.54) is 19.3 Å². The molecule has 5 rings (SSSR count). The number of carboxylic acids is 1. The Morgan fingerprint density at radius 2 is 1.74 bits per heavy atom. The second-order valence-corrected chi connectivity index (χ2v) is 6.54. The molecular weight excluding hydrogens is 246 g/mol. The summed E-state index contributed by atoms with van der Waals surface area (Å²) in [7, 11) is 0. The Hall–Kier alpha value is -1.59. The maximum absolute atomic E-state index is 10.8. The number of carboxylic acid groups (broad SMARTS) is 1. The number of nitrogens with one attached hydrogen (secondary N) is 1. The number of aromatic carboxylic acids is 1. The average molecular weight is 263 g/mol. The molecule has 0 spiro atoms. The second kappa shape index (κ2) is 3.71. The summed E-state index contributed by atoms with van der Waals surface area (Å²) in [6.07, 6.45) is 7.57. The van der Waals surface area contributed by atoms with Crippen molar-refractivity contribution >= 4 is 12.0 Å². The minimum absolute atomic E-state index is 0.0665. The lowest BCUT2D eigenvalue weighted by Gasteiger charge is -2.56. The summed E-state index contributed by atoms with van der Waals surface area (Å²) in [5.41, 5.74) is 0.0665. The summed E-state index contributed by atoms with van der Waals surface area (Å²) in [6.45, 7) is 0. The van der Waals surface area contributed by atoms with Gasteiger partial charge in [-0.3, -0.25) is 0 Å². The van der Waals surface area contributed by atoms with Gasteiger partial charge in [0.1, 0.15) is 0 Å². The molecule has 0 unspecified atom stereocenters. The van der Waals surface area contributed by atoms with Gasteiger partial charge in [0.05, 0.1) is 0 Å². The lowest BCUT2D eigenvalue weighted by molar-refractivity contribution is 0.00952. The van der Waals surface area contributed by atoms with Gasteiger partial charge in [-0.2, -0.15) is 0 Å². The van der Waals surface area contributed by atoms with Crippen molar-refractivity contribution < 1.29 is 14.3 Å². The zero-order valence-electron chi connectivity index (χ0n) is 10.6. The van der Waals surface area contributed by atoms with Crippen LogP contribution in [0, 0.1) is 17.8 Å². The number of rotatable bonds is 3. The van der Waals surface area contributed by atoms with Gasteiger partial charge in [0.15, 0.2) is 0 Å². The van der Waals surface area contributed by atoms with Crippen LogP contribution in [-0.2, 0) is 0 Å². The Bertz CT molecular complexity index is 490. The van der Waals surface area contributed by atoms with Gasteiger partial charge in [-0.15, -0.1) is 0 Å². The molecule has 0 saturated heterocycles. The molecule has 0 aliphatic heterocycles. The van der Waals surface area contributed by atoms with Crippen molar-refractivity contribution in [3.63, 3.8) is 0 Å². The van der Waals surface area contributed by atoms with Crippen molar-refractivity contribution in [1.29, 1.82) is 0 Å². The first-order chi connectivity index (χ1) is 9.12. The summed E-state index contributed by atoms with van der Waals surface area (Å²) in [5, 5.41) is 19.5. The summed E-state index contributed by atoms with van der Waals surface area (Å²) < 4.78 is 5.15. The fourth-order valence-electron chi connectivity index (χ4n) is 4.85. The van der Waals surface area contributed by atoms with E-state index in [-0.39, 0.29) is 17.4 Å². The van der Waals surface area contributed by atoms with Crippen LogP contribution < -0.4 is 5.32 Å². The zero-order valence-corrected chi connectivity index (χ0v) is 10.6. The SMILES string of the molecule is O=C(O)c1nnc(NC23CC4CC(CC(C4)C2)C3)o1. The molecule has 6 nitrogen and oxygen atoms in total. The van der Waals surface area contributed by atoms with E-state index in [1.54, 1.807) is 0 Å². The molecule has 0 atom stereocenters. The molecule has 4 saturated carbocycles. The molecule has 102 valence electrons. The molecule has 0 aromatic carbocycles. The Labute approximate surface area is 110 Å². The maximum Gasteiger partial charge on any atom is 0.393 e. The van der Waals surface area contributed by atoms with E-state index < -0.39 is 5.97 Å². The number of carbonyl (C=O) groups is 1. The molecule has 4 bridgehead atoms. The van der Waals surface area contributed by atoms with Crippen molar-refractivity contribution in [2.45, 2.75) is 44.1 Å². The zero-order chi connectivity index (χ0) is 13.0. The van der Waals surface area contributed by atoms with Gasteiger partial charge < -0.3 is 14.8 Å². The van der Waals surface area contributed by atoms with E-state index in [4.69, 9.17) is 9.52 Å². The van der Waals surface area contributed by atoms with Gasteiger partial charge in [-0.05, 0) is 56.3 Å². The third-order valence-electron chi connectivity index (χ3n) is 5.02. The monoisotopic (exact) mass is 263 g/mol. The van der Waals surface area contributed by atoms with Crippen LogP contribution in [-0.4, -0.2) is 26.8 Å². The third kappa shape index (κ3) is 1.81. The molecule has 0 radical (unpaired) electrons. The summed E-state index contributed by atoms with van der Waals surface area (Å²) in [4.78, 5) is 10.8. The highest BCUT2D eigenvalue weighted by Gasteiger charge is 2.51. The van der Waals surface area contributed by atoms with Crippen LogP contribution in [0.25, 0.3) is 0 Å². The van der Waals surface area contributed by atoms with Gasteiger partial charge in [-0.25, -0.2) is 4.79 Å². The number of anilines is 1. The number of nitrogens with zero attached hydrogens (tertiary/aromatic N) is 2. The first-order valence-corrected chi connectivity index (χ1v) is 6.97. The second-order valence-electron chi connectivity index (χ2n) is 6.54. The average Bonchev–Trinajstić information content (AvgIpc) is 2.74. The number of hydrogen-bond acceptors (Lipinski definition) is 5. The van der Waals surface area contributed by atoms with E-state index in [1.807, 2.05) is 0 Å². The van der Waals surface area contributed by atoms with Gasteiger partial charge in [0.25, 0.3) is 0 Å². The highest BCUT2D eigenvalue weighted by Crippen LogP contribution is 2.56. The molecule has 6 heteroatoms. The lowest BCUT2D eigenvalue weighted by atomic mass is 9.53.